The smallest absolute Gasteiger partial charge is 0.103 e. The average Bonchev–Trinajstić information content (AvgIpc) is 2.29. The van der Waals surface area contributed by atoms with Gasteiger partial charge in [-0.05, 0) is 49.6 Å². The Morgan fingerprint density at radius 2 is 1.82 bits per heavy atom. The average molecular weight is 244 g/mol. The molecule has 0 radical (unpaired) electrons. The molecule has 0 atom stereocenters. The first-order chi connectivity index (χ1) is 8.06. The molecule has 0 amide bonds. The van der Waals surface area contributed by atoms with E-state index in [4.69, 9.17) is 5.73 Å². The van der Waals surface area contributed by atoms with Gasteiger partial charge in [0.2, 0.25) is 0 Å². The lowest BCUT2D eigenvalue weighted by atomic mass is 10.2. The summed E-state index contributed by atoms with van der Waals surface area (Å²) in [4.78, 5) is 5.62. The predicted molar refractivity (Wildman–Crippen MR) is 73.4 cm³/mol. The molecule has 0 saturated heterocycles. The van der Waals surface area contributed by atoms with E-state index in [0.717, 1.165) is 16.3 Å². The van der Waals surface area contributed by atoms with Crippen LogP contribution in [0.5, 0.6) is 0 Å². The fourth-order valence-corrected chi connectivity index (χ4v) is 2.50. The molecule has 0 bridgehead atoms. The highest BCUT2D eigenvalue weighted by atomic mass is 32.2. The third kappa shape index (κ3) is 2.80. The van der Waals surface area contributed by atoms with Crippen molar-refractivity contribution >= 4 is 17.4 Å². The number of nitrogen functional groups attached to an aromatic ring is 1. The monoisotopic (exact) mass is 244 g/mol. The summed E-state index contributed by atoms with van der Waals surface area (Å²) < 4.78 is 0. The van der Waals surface area contributed by atoms with Crippen LogP contribution in [0.25, 0.3) is 0 Å². The number of aromatic nitrogens is 1. The second-order valence-electron chi connectivity index (χ2n) is 4.25. The molecule has 2 nitrogen and oxygen atoms in total. The Balaban J connectivity index is 2.31. The summed E-state index contributed by atoms with van der Waals surface area (Å²) in [6.45, 7) is 6.18. The Labute approximate surface area is 106 Å². The van der Waals surface area contributed by atoms with Crippen LogP contribution in [0.15, 0.2) is 40.4 Å². The zero-order chi connectivity index (χ0) is 12.4. The van der Waals surface area contributed by atoms with Gasteiger partial charge in [0.25, 0.3) is 0 Å². The van der Waals surface area contributed by atoms with Crippen LogP contribution in [0.3, 0.4) is 0 Å². The number of benzene rings is 1. The van der Waals surface area contributed by atoms with Crippen LogP contribution in [-0.4, -0.2) is 4.98 Å². The molecule has 2 aromatic rings. The predicted octanol–water partition coefficient (Wildman–Crippen LogP) is 3.74. The molecule has 1 aromatic heterocycles. The summed E-state index contributed by atoms with van der Waals surface area (Å²) >= 11 is 1.66. The first kappa shape index (κ1) is 12.0. The van der Waals surface area contributed by atoms with E-state index in [1.54, 1.807) is 11.8 Å². The van der Waals surface area contributed by atoms with Gasteiger partial charge in [0.15, 0.2) is 0 Å². The topological polar surface area (TPSA) is 38.9 Å². The zero-order valence-electron chi connectivity index (χ0n) is 10.3. The highest BCUT2D eigenvalue weighted by Crippen LogP contribution is 2.30. The number of nitrogens with two attached hydrogens (primary N) is 1. The van der Waals surface area contributed by atoms with Gasteiger partial charge >= 0.3 is 0 Å². The standard InChI is InChI=1S/C14H16N2S/c1-9-4-5-10(2)13(6-9)17-14-7-12(15)11(3)8-16-14/h4-8H,1-3H3,(H2,15,16). The van der Waals surface area contributed by atoms with Gasteiger partial charge in [-0.1, -0.05) is 23.9 Å². The summed E-state index contributed by atoms with van der Waals surface area (Å²) in [7, 11) is 0. The molecular weight excluding hydrogens is 228 g/mol. The Bertz CT molecular complexity index is 550. The van der Waals surface area contributed by atoms with E-state index in [1.165, 1.54) is 16.0 Å². The van der Waals surface area contributed by atoms with Crippen molar-refractivity contribution in [2.24, 2.45) is 0 Å². The number of rotatable bonds is 2. The minimum absolute atomic E-state index is 0.799. The van der Waals surface area contributed by atoms with Gasteiger partial charge in [0, 0.05) is 16.8 Å². The Morgan fingerprint density at radius 3 is 2.53 bits per heavy atom. The summed E-state index contributed by atoms with van der Waals surface area (Å²) in [5, 5.41) is 0.946. The van der Waals surface area contributed by atoms with E-state index < -0.39 is 0 Å². The van der Waals surface area contributed by atoms with Crippen molar-refractivity contribution in [3.63, 3.8) is 0 Å². The molecule has 1 heterocycles. The molecule has 17 heavy (non-hydrogen) atoms. The summed E-state index contributed by atoms with van der Waals surface area (Å²) in [5.74, 6) is 0. The van der Waals surface area contributed by atoms with Crippen LogP contribution in [0.4, 0.5) is 5.69 Å². The fourth-order valence-electron chi connectivity index (χ4n) is 1.50. The molecule has 0 saturated carbocycles. The van der Waals surface area contributed by atoms with E-state index in [9.17, 15) is 0 Å². The van der Waals surface area contributed by atoms with Crippen LogP contribution in [-0.2, 0) is 0 Å². The Morgan fingerprint density at radius 1 is 1.06 bits per heavy atom. The van der Waals surface area contributed by atoms with Crippen molar-refractivity contribution in [3.05, 3.63) is 47.2 Å². The van der Waals surface area contributed by atoms with Gasteiger partial charge < -0.3 is 5.73 Å². The minimum atomic E-state index is 0.799. The molecular formula is C14H16N2S. The molecule has 0 aliphatic heterocycles. The second kappa shape index (κ2) is 4.80. The molecule has 0 aliphatic carbocycles. The Kier molecular flexibility index (Phi) is 3.38. The van der Waals surface area contributed by atoms with Crippen LogP contribution < -0.4 is 5.73 Å². The van der Waals surface area contributed by atoms with Crippen molar-refractivity contribution in [1.29, 1.82) is 0 Å². The largest absolute Gasteiger partial charge is 0.398 e. The highest BCUT2D eigenvalue weighted by molar-refractivity contribution is 7.99. The summed E-state index contributed by atoms with van der Waals surface area (Å²) in [6, 6.07) is 8.37. The third-order valence-corrected chi connectivity index (χ3v) is 3.77. The van der Waals surface area contributed by atoms with Gasteiger partial charge in [0.1, 0.15) is 5.03 Å². The first-order valence-electron chi connectivity index (χ1n) is 5.53. The molecule has 0 unspecified atom stereocenters. The van der Waals surface area contributed by atoms with E-state index in [0.29, 0.717) is 0 Å². The second-order valence-corrected chi connectivity index (χ2v) is 5.31. The number of hydrogen-bond donors (Lipinski definition) is 1. The lowest BCUT2D eigenvalue weighted by Gasteiger charge is -2.07. The van der Waals surface area contributed by atoms with Crippen molar-refractivity contribution in [2.75, 3.05) is 5.73 Å². The lowest BCUT2D eigenvalue weighted by Crippen LogP contribution is -1.92. The number of anilines is 1. The molecule has 2 N–H and O–H groups in total. The van der Waals surface area contributed by atoms with Crippen molar-refractivity contribution in [3.8, 4) is 0 Å². The molecule has 0 aliphatic rings. The lowest BCUT2D eigenvalue weighted by molar-refractivity contribution is 1.11. The molecule has 3 heteroatoms. The zero-order valence-corrected chi connectivity index (χ0v) is 11.1. The third-order valence-electron chi connectivity index (χ3n) is 2.68. The maximum absolute atomic E-state index is 5.89. The molecule has 1 aromatic carbocycles. The van der Waals surface area contributed by atoms with Crippen molar-refractivity contribution < 1.29 is 0 Å². The number of hydrogen-bond acceptors (Lipinski definition) is 3. The quantitative estimate of drug-likeness (QED) is 0.874. The van der Waals surface area contributed by atoms with Crippen LogP contribution in [0.2, 0.25) is 0 Å². The first-order valence-corrected chi connectivity index (χ1v) is 6.35. The highest BCUT2D eigenvalue weighted by Gasteiger charge is 2.04. The van der Waals surface area contributed by atoms with Gasteiger partial charge in [-0.3, -0.25) is 0 Å². The fraction of sp³-hybridized carbons (Fsp3) is 0.214. The van der Waals surface area contributed by atoms with Gasteiger partial charge in [-0.15, -0.1) is 0 Å². The van der Waals surface area contributed by atoms with E-state index in [-0.39, 0.29) is 0 Å². The molecule has 88 valence electrons. The van der Waals surface area contributed by atoms with Crippen LogP contribution >= 0.6 is 11.8 Å². The molecule has 2 rings (SSSR count). The van der Waals surface area contributed by atoms with E-state index >= 15 is 0 Å². The van der Waals surface area contributed by atoms with E-state index in [1.807, 2.05) is 19.2 Å². The van der Waals surface area contributed by atoms with Gasteiger partial charge in [0.05, 0.1) is 0 Å². The van der Waals surface area contributed by atoms with Crippen LogP contribution in [0.1, 0.15) is 16.7 Å². The van der Waals surface area contributed by atoms with Gasteiger partial charge in [-0.25, -0.2) is 4.98 Å². The number of aryl methyl sites for hydroxylation is 3. The van der Waals surface area contributed by atoms with Crippen molar-refractivity contribution in [2.45, 2.75) is 30.7 Å². The molecule has 0 spiro atoms. The Hall–Kier alpha value is -1.48. The maximum Gasteiger partial charge on any atom is 0.103 e. The molecule has 0 fully saturated rings. The van der Waals surface area contributed by atoms with Gasteiger partial charge in [-0.2, -0.15) is 0 Å². The normalized spacial score (nSPS) is 10.5. The summed E-state index contributed by atoms with van der Waals surface area (Å²) in [6.07, 6.45) is 1.82. The number of pyridine rings is 1. The number of nitrogens with zero attached hydrogens (tertiary/aromatic N) is 1. The van der Waals surface area contributed by atoms with Crippen LogP contribution in [0, 0.1) is 20.8 Å². The van der Waals surface area contributed by atoms with E-state index in [2.05, 4.69) is 37.0 Å². The summed E-state index contributed by atoms with van der Waals surface area (Å²) in [5.41, 5.74) is 10.2. The SMILES string of the molecule is Cc1ccc(C)c(Sc2cc(N)c(C)cn2)c1. The minimum Gasteiger partial charge on any atom is -0.398 e. The van der Waals surface area contributed by atoms with Crippen molar-refractivity contribution in [1.82, 2.24) is 4.98 Å². The maximum atomic E-state index is 5.89.